The van der Waals surface area contributed by atoms with Gasteiger partial charge >= 0.3 is 0 Å². The van der Waals surface area contributed by atoms with E-state index in [2.05, 4.69) is 15.6 Å². The molecule has 1 atom stereocenters. The normalized spacial score (nSPS) is 12.1. The molecule has 0 fully saturated rings. The molecule has 0 spiro atoms. The van der Waals surface area contributed by atoms with Gasteiger partial charge in [-0.15, -0.1) is 0 Å². The first-order valence-electron chi connectivity index (χ1n) is 8.04. The summed E-state index contributed by atoms with van der Waals surface area (Å²) in [5, 5.41) is 6.46. The predicted octanol–water partition coefficient (Wildman–Crippen LogP) is 3.22. The quantitative estimate of drug-likeness (QED) is 0.749. The smallest absolute Gasteiger partial charge is 0.287 e. The number of nitrogens with one attached hydrogen (secondary N) is 2. The summed E-state index contributed by atoms with van der Waals surface area (Å²) in [6.07, 6.45) is 3.02. The first-order valence-corrected chi connectivity index (χ1v) is 8.04. The van der Waals surface area contributed by atoms with Crippen LogP contribution in [0.1, 0.15) is 24.4 Å². The largest absolute Gasteiger partial charge is 0.459 e. The second-order valence-corrected chi connectivity index (χ2v) is 6.08. The number of hydrogen-bond donors (Lipinski definition) is 2. The summed E-state index contributed by atoms with van der Waals surface area (Å²) in [6, 6.07) is 12.0. The Kier molecular flexibility index (Phi) is 4.79. The second kappa shape index (κ2) is 7.17. The maximum Gasteiger partial charge on any atom is 0.287 e. The van der Waals surface area contributed by atoms with Crippen LogP contribution in [0.2, 0.25) is 0 Å². The molecule has 0 aliphatic heterocycles. The molecule has 1 aromatic carbocycles. The van der Waals surface area contributed by atoms with Crippen LogP contribution in [0.4, 0.5) is 5.69 Å². The molecule has 0 radical (unpaired) electrons. The molecule has 0 saturated heterocycles. The zero-order chi connectivity index (χ0) is 17.8. The van der Waals surface area contributed by atoms with Gasteiger partial charge in [0.2, 0.25) is 5.91 Å². The summed E-state index contributed by atoms with van der Waals surface area (Å²) in [5.74, 6) is -0.638. The highest BCUT2D eigenvalue weighted by molar-refractivity contribution is 6.00. The van der Waals surface area contributed by atoms with Gasteiger partial charge in [-0.25, -0.2) is 0 Å². The number of para-hydroxylation sites is 1. The van der Waals surface area contributed by atoms with E-state index in [1.807, 2.05) is 44.2 Å². The lowest BCUT2D eigenvalue weighted by molar-refractivity contribution is -0.118. The maximum atomic E-state index is 12.6. The summed E-state index contributed by atoms with van der Waals surface area (Å²) in [6.45, 7) is 3.73. The van der Waals surface area contributed by atoms with Crippen LogP contribution in [0.25, 0.3) is 10.9 Å². The van der Waals surface area contributed by atoms with Crippen molar-refractivity contribution in [3.8, 4) is 0 Å². The molecule has 3 aromatic rings. The maximum absolute atomic E-state index is 12.6. The van der Waals surface area contributed by atoms with Gasteiger partial charge in [0.1, 0.15) is 6.04 Å². The highest BCUT2D eigenvalue weighted by Crippen LogP contribution is 2.17. The molecule has 128 valence electrons. The minimum absolute atomic E-state index is 0.0904. The third kappa shape index (κ3) is 3.85. The van der Waals surface area contributed by atoms with Crippen molar-refractivity contribution in [3.05, 3.63) is 60.7 Å². The number of anilines is 1. The van der Waals surface area contributed by atoms with Crippen molar-refractivity contribution in [3.63, 3.8) is 0 Å². The molecular weight excluding hydrogens is 318 g/mol. The van der Waals surface area contributed by atoms with E-state index in [9.17, 15) is 9.59 Å². The zero-order valence-electron chi connectivity index (χ0n) is 14.0. The van der Waals surface area contributed by atoms with Crippen LogP contribution >= 0.6 is 0 Å². The highest BCUT2D eigenvalue weighted by Gasteiger charge is 2.25. The molecule has 2 N–H and O–H groups in total. The van der Waals surface area contributed by atoms with Crippen LogP contribution in [0, 0.1) is 5.92 Å². The van der Waals surface area contributed by atoms with Crippen molar-refractivity contribution in [2.45, 2.75) is 19.9 Å². The molecule has 0 saturated carbocycles. The number of amides is 2. The lowest BCUT2D eigenvalue weighted by atomic mass is 10.0. The molecule has 6 heteroatoms. The predicted molar refractivity (Wildman–Crippen MR) is 95.2 cm³/mol. The first-order chi connectivity index (χ1) is 12.0. The third-order valence-electron chi connectivity index (χ3n) is 3.84. The van der Waals surface area contributed by atoms with Gasteiger partial charge in [-0.05, 0) is 30.2 Å². The van der Waals surface area contributed by atoms with E-state index < -0.39 is 11.9 Å². The van der Waals surface area contributed by atoms with Crippen LogP contribution in [-0.2, 0) is 4.79 Å². The molecule has 2 aromatic heterocycles. The number of benzene rings is 1. The van der Waals surface area contributed by atoms with Crippen molar-refractivity contribution in [1.29, 1.82) is 0 Å². The van der Waals surface area contributed by atoms with E-state index in [0.717, 1.165) is 10.9 Å². The SMILES string of the molecule is CC(C)[C@@H](NC(=O)c1ccco1)C(=O)Nc1cnc2ccccc2c1. The molecule has 6 nitrogen and oxygen atoms in total. The fourth-order valence-electron chi connectivity index (χ4n) is 2.51. The molecule has 25 heavy (non-hydrogen) atoms. The van der Waals surface area contributed by atoms with E-state index in [1.165, 1.54) is 6.26 Å². The van der Waals surface area contributed by atoms with Gasteiger partial charge < -0.3 is 15.1 Å². The number of carbonyl (C=O) groups excluding carboxylic acids is 2. The minimum Gasteiger partial charge on any atom is -0.459 e. The summed E-state index contributed by atoms with van der Waals surface area (Å²) in [7, 11) is 0. The van der Waals surface area contributed by atoms with Crippen LogP contribution < -0.4 is 10.6 Å². The lowest BCUT2D eigenvalue weighted by Crippen LogP contribution is -2.47. The molecule has 2 amide bonds. The number of fused-ring (bicyclic) bond motifs is 1. The number of nitrogens with zero attached hydrogens (tertiary/aromatic N) is 1. The Balaban J connectivity index is 1.74. The summed E-state index contributed by atoms with van der Waals surface area (Å²) in [5.41, 5.74) is 1.44. The number of carbonyl (C=O) groups is 2. The first kappa shape index (κ1) is 16.7. The molecule has 2 heterocycles. The Morgan fingerprint density at radius 3 is 2.64 bits per heavy atom. The van der Waals surface area contributed by atoms with Gasteiger partial charge in [0.15, 0.2) is 5.76 Å². The van der Waals surface area contributed by atoms with Gasteiger partial charge in [-0.3, -0.25) is 14.6 Å². The molecule has 0 aliphatic carbocycles. The van der Waals surface area contributed by atoms with E-state index in [4.69, 9.17) is 4.42 Å². The fraction of sp³-hybridized carbons (Fsp3) is 0.211. The Bertz CT molecular complexity index is 888. The van der Waals surface area contributed by atoms with Gasteiger partial charge in [0.25, 0.3) is 5.91 Å². The van der Waals surface area contributed by atoms with Crippen molar-refractivity contribution in [1.82, 2.24) is 10.3 Å². The average Bonchev–Trinajstić information content (AvgIpc) is 3.13. The van der Waals surface area contributed by atoms with Crippen molar-refractivity contribution >= 4 is 28.4 Å². The Labute approximate surface area is 145 Å². The summed E-state index contributed by atoms with van der Waals surface area (Å²) < 4.78 is 5.07. The molecule has 0 unspecified atom stereocenters. The third-order valence-corrected chi connectivity index (χ3v) is 3.84. The molecular formula is C19H19N3O3. The number of furan rings is 1. The van der Waals surface area contributed by atoms with E-state index in [1.54, 1.807) is 18.3 Å². The van der Waals surface area contributed by atoms with Gasteiger partial charge in [-0.2, -0.15) is 0 Å². The lowest BCUT2D eigenvalue weighted by Gasteiger charge is -2.21. The molecule has 0 bridgehead atoms. The summed E-state index contributed by atoms with van der Waals surface area (Å²) >= 11 is 0. The van der Waals surface area contributed by atoms with Crippen molar-refractivity contribution in [2.24, 2.45) is 5.92 Å². The molecule has 0 aliphatic rings. The van der Waals surface area contributed by atoms with Gasteiger partial charge in [0.05, 0.1) is 23.7 Å². The van der Waals surface area contributed by atoms with E-state index in [0.29, 0.717) is 5.69 Å². The Morgan fingerprint density at radius 2 is 1.92 bits per heavy atom. The van der Waals surface area contributed by atoms with Crippen LogP contribution in [0.5, 0.6) is 0 Å². The average molecular weight is 337 g/mol. The highest BCUT2D eigenvalue weighted by atomic mass is 16.3. The number of rotatable bonds is 5. The standard InChI is InChI=1S/C19H19N3O3/c1-12(2)17(22-18(23)16-8-5-9-25-16)19(24)21-14-10-13-6-3-4-7-15(13)20-11-14/h3-12,17H,1-2H3,(H,21,24)(H,22,23)/t17-/m1/s1. The minimum atomic E-state index is -0.691. The Morgan fingerprint density at radius 1 is 1.12 bits per heavy atom. The number of hydrogen-bond acceptors (Lipinski definition) is 4. The number of pyridine rings is 1. The van der Waals surface area contributed by atoms with E-state index >= 15 is 0 Å². The summed E-state index contributed by atoms with van der Waals surface area (Å²) in [4.78, 5) is 29.1. The number of aromatic nitrogens is 1. The van der Waals surface area contributed by atoms with E-state index in [-0.39, 0.29) is 17.6 Å². The van der Waals surface area contributed by atoms with Crippen LogP contribution in [-0.4, -0.2) is 22.8 Å². The van der Waals surface area contributed by atoms with Gasteiger partial charge in [-0.1, -0.05) is 32.0 Å². The monoisotopic (exact) mass is 337 g/mol. The van der Waals surface area contributed by atoms with Crippen molar-refractivity contribution < 1.29 is 14.0 Å². The van der Waals surface area contributed by atoms with Crippen molar-refractivity contribution in [2.75, 3.05) is 5.32 Å². The van der Waals surface area contributed by atoms with Crippen LogP contribution in [0.15, 0.2) is 59.3 Å². The second-order valence-electron chi connectivity index (χ2n) is 6.08. The van der Waals surface area contributed by atoms with Crippen LogP contribution in [0.3, 0.4) is 0 Å². The Hall–Kier alpha value is -3.15. The fourth-order valence-corrected chi connectivity index (χ4v) is 2.51. The zero-order valence-corrected chi connectivity index (χ0v) is 14.0. The topological polar surface area (TPSA) is 84.2 Å². The van der Waals surface area contributed by atoms with Gasteiger partial charge in [0, 0.05) is 5.39 Å². The molecule has 3 rings (SSSR count).